The van der Waals surface area contributed by atoms with Crippen LogP contribution in [0.15, 0.2) is 23.2 Å². The summed E-state index contributed by atoms with van der Waals surface area (Å²) < 4.78 is 16.0. The van der Waals surface area contributed by atoms with Crippen molar-refractivity contribution in [3.63, 3.8) is 0 Å². The molecule has 0 aliphatic carbocycles. The van der Waals surface area contributed by atoms with Crippen molar-refractivity contribution in [2.75, 3.05) is 34.9 Å². The highest BCUT2D eigenvalue weighted by Crippen LogP contribution is 2.24. The number of rotatable bonds is 7. The van der Waals surface area contributed by atoms with Gasteiger partial charge in [0.1, 0.15) is 11.5 Å². The number of hydrogen-bond acceptors (Lipinski definition) is 4. The molecule has 0 aromatic heterocycles. The molecule has 7 heteroatoms. The van der Waals surface area contributed by atoms with Crippen molar-refractivity contribution in [1.29, 1.82) is 0 Å². The molecule has 0 heterocycles. The quantitative estimate of drug-likeness (QED) is 0.390. The molecule has 23 heavy (non-hydrogen) atoms. The van der Waals surface area contributed by atoms with E-state index in [2.05, 4.69) is 15.6 Å². The summed E-state index contributed by atoms with van der Waals surface area (Å²) in [6.07, 6.45) is 0. The van der Waals surface area contributed by atoms with Gasteiger partial charge in [-0.25, -0.2) is 0 Å². The number of hydrogen-bond donors (Lipinski definition) is 2. The molecule has 1 aromatic carbocycles. The largest absolute Gasteiger partial charge is 0.497 e. The van der Waals surface area contributed by atoms with E-state index in [1.807, 2.05) is 32.0 Å². The second-order valence-electron chi connectivity index (χ2n) is 5.42. The number of nitrogens with zero attached hydrogens (tertiary/aromatic N) is 1. The lowest BCUT2D eigenvalue weighted by atomic mass is 10.1. The van der Waals surface area contributed by atoms with Crippen LogP contribution in [-0.2, 0) is 11.3 Å². The molecule has 2 N–H and O–H groups in total. The van der Waals surface area contributed by atoms with Crippen LogP contribution >= 0.6 is 24.0 Å². The second kappa shape index (κ2) is 10.5. The average Bonchev–Trinajstić information content (AvgIpc) is 2.54. The van der Waals surface area contributed by atoms with Crippen molar-refractivity contribution in [3.8, 4) is 11.5 Å². The van der Waals surface area contributed by atoms with Gasteiger partial charge in [0.15, 0.2) is 5.96 Å². The number of ether oxygens (including phenoxy) is 3. The summed E-state index contributed by atoms with van der Waals surface area (Å²) in [4.78, 5) is 4.20. The predicted octanol–water partition coefficient (Wildman–Crippen LogP) is 2.41. The number of aliphatic imine (C=N–C) groups is 1. The SMILES string of the molecule is CN=C(NCc1ccc(OC)cc1OC)NCC(C)(C)OC.I. The number of methoxy groups -OCH3 is 3. The molecule has 0 aliphatic heterocycles. The Balaban J connectivity index is 0.00000484. The molecule has 0 unspecified atom stereocenters. The Labute approximate surface area is 156 Å². The van der Waals surface area contributed by atoms with E-state index < -0.39 is 0 Å². The highest BCUT2D eigenvalue weighted by molar-refractivity contribution is 14.0. The summed E-state index contributed by atoms with van der Waals surface area (Å²) >= 11 is 0. The lowest BCUT2D eigenvalue weighted by Crippen LogP contribution is -2.45. The first kappa shape index (κ1) is 21.8. The van der Waals surface area contributed by atoms with E-state index in [1.54, 1.807) is 28.4 Å². The predicted molar refractivity (Wildman–Crippen MR) is 104 cm³/mol. The number of benzene rings is 1. The lowest BCUT2D eigenvalue weighted by Gasteiger charge is -2.24. The zero-order valence-electron chi connectivity index (χ0n) is 14.7. The van der Waals surface area contributed by atoms with Gasteiger partial charge in [0.05, 0.1) is 19.8 Å². The average molecular weight is 437 g/mol. The fourth-order valence-electron chi connectivity index (χ4n) is 1.77. The summed E-state index contributed by atoms with van der Waals surface area (Å²) in [6, 6.07) is 5.74. The third kappa shape index (κ3) is 7.26. The normalized spacial score (nSPS) is 11.5. The van der Waals surface area contributed by atoms with E-state index in [1.165, 1.54) is 0 Å². The molecular weight excluding hydrogens is 409 g/mol. The molecule has 0 saturated heterocycles. The monoisotopic (exact) mass is 437 g/mol. The van der Waals surface area contributed by atoms with Crippen LogP contribution in [0.4, 0.5) is 0 Å². The van der Waals surface area contributed by atoms with Crippen molar-refractivity contribution >= 4 is 29.9 Å². The van der Waals surface area contributed by atoms with Gasteiger partial charge in [-0.05, 0) is 26.0 Å². The molecule has 0 fully saturated rings. The smallest absolute Gasteiger partial charge is 0.191 e. The molecule has 132 valence electrons. The summed E-state index contributed by atoms with van der Waals surface area (Å²) in [5.41, 5.74) is 0.771. The Morgan fingerprint density at radius 2 is 1.83 bits per heavy atom. The van der Waals surface area contributed by atoms with Crippen LogP contribution in [0.25, 0.3) is 0 Å². The van der Waals surface area contributed by atoms with Crippen molar-refractivity contribution < 1.29 is 14.2 Å². The first-order valence-corrected chi connectivity index (χ1v) is 7.16. The minimum atomic E-state index is -0.255. The third-order valence-corrected chi connectivity index (χ3v) is 3.40. The molecule has 0 spiro atoms. The van der Waals surface area contributed by atoms with Gasteiger partial charge < -0.3 is 24.8 Å². The first-order chi connectivity index (χ1) is 10.5. The van der Waals surface area contributed by atoms with Crippen LogP contribution in [0.1, 0.15) is 19.4 Å². The summed E-state index contributed by atoms with van der Waals surface area (Å²) in [6.45, 7) is 5.28. The van der Waals surface area contributed by atoms with Crippen LogP contribution in [-0.4, -0.2) is 46.5 Å². The Bertz CT molecular complexity index is 507. The number of halogens is 1. The van der Waals surface area contributed by atoms with E-state index in [0.717, 1.165) is 17.1 Å². The molecule has 6 nitrogen and oxygen atoms in total. The van der Waals surface area contributed by atoms with Gasteiger partial charge >= 0.3 is 0 Å². The topological polar surface area (TPSA) is 64.1 Å². The van der Waals surface area contributed by atoms with Crippen LogP contribution in [0, 0.1) is 0 Å². The Kier molecular flexibility index (Phi) is 9.98. The molecule has 0 amide bonds. The van der Waals surface area contributed by atoms with Crippen molar-refractivity contribution in [3.05, 3.63) is 23.8 Å². The maximum absolute atomic E-state index is 5.39. The van der Waals surface area contributed by atoms with Gasteiger partial charge in [-0.3, -0.25) is 4.99 Å². The van der Waals surface area contributed by atoms with E-state index in [9.17, 15) is 0 Å². The molecule has 1 rings (SSSR count). The minimum absolute atomic E-state index is 0. The first-order valence-electron chi connectivity index (χ1n) is 7.16. The van der Waals surface area contributed by atoms with Gasteiger partial charge in [-0.1, -0.05) is 0 Å². The van der Waals surface area contributed by atoms with Gasteiger partial charge in [-0.2, -0.15) is 0 Å². The molecule has 0 saturated carbocycles. The number of nitrogens with one attached hydrogen (secondary N) is 2. The van der Waals surface area contributed by atoms with Crippen LogP contribution in [0.2, 0.25) is 0 Å². The molecule has 0 atom stereocenters. The molecule has 0 bridgehead atoms. The summed E-state index contributed by atoms with van der Waals surface area (Å²) in [7, 11) is 6.71. The highest BCUT2D eigenvalue weighted by atomic mass is 127. The molecule has 1 aromatic rings. The van der Waals surface area contributed by atoms with Gasteiger partial charge in [0.25, 0.3) is 0 Å². The van der Waals surface area contributed by atoms with Crippen molar-refractivity contribution in [2.24, 2.45) is 4.99 Å². The highest BCUT2D eigenvalue weighted by Gasteiger charge is 2.16. The van der Waals surface area contributed by atoms with Crippen LogP contribution in [0.3, 0.4) is 0 Å². The van der Waals surface area contributed by atoms with E-state index >= 15 is 0 Å². The Hall–Kier alpha value is -1.22. The maximum atomic E-state index is 5.39. The standard InChI is InChI=1S/C16H27N3O3.HI/c1-16(2,22-6)11-19-15(17-3)18-10-12-7-8-13(20-4)9-14(12)21-5;/h7-9H,10-11H2,1-6H3,(H2,17,18,19);1H. The summed E-state index contributed by atoms with van der Waals surface area (Å²) in [5.74, 6) is 2.26. The summed E-state index contributed by atoms with van der Waals surface area (Å²) in [5, 5.41) is 6.50. The molecule has 0 radical (unpaired) electrons. The van der Waals surface area contributed by atoms with Crippen LogP contribution < -0.4 is 20.1 Å². The molecule has 0 aliphatic rings. The van der Waals surface area contributed by atoms with Gasteiger partial charge in [0.2, 0.25) is 0 Å². The Morgan fingerprint density at radius 3 is 2.35 bits per heavy atom. The maximum Gasteiger partial charge on any atom is 0.191 e. The zero-order chi connectivity index (χ0) is 16.6. The van der Waals surface area contributed by atoms with Crippen molar-refractivity contribution in [2.45, 2.75) is 26.0 Å². The lowest BCUT2D eigenvalue weighted by molar-refractivity contribution is 0.0268. The molecular formula is C16H28IN3O3. The second-order valence-corrected chi connectivity index (χ2v) is 5.42. The zero-order valence-corrected chi connectivity index (χ0v) is 17.1. The van der Waals surface area contributed by atoms with Gasteiger partial charge in [-0.15, -0.1) is 24.0 Å². The van der Waals surface area contributed by atoms with Crippen molar-refractivity contribution in [1.82, 2.24) is 10.6 Å². The number of guanidine groups is 1. The van der Waals surface area contributed by atoms with E-state index in [0.29, 0.717) is 19.0 Å². The third-order valence-electron chi connectivity index (χ3n) is 3.40. The van der Waals surface area contributed by atoms with Crippen LogP contribution in [0.5, 0.6) is 11.5 Å². The fourth-order valence-corrected chi connectivity index (χ4v) is 1.77. The fraction of sp³-hybridized carbons (Fsp3) is 0.562. The Morgan fingerprint density at radius 1 is 1.13 bits per heavy atom. The van der Waals surface area contributed by atoms with Gasteiger partial charge in [0, 0.05) is 38.9 Å². The van der Waals surface area contributed by atoms with E-state index in [-0.39, 0.29) is 29.6 Å². The minimum Gasteiger partial charge on any atom is -0.497 e. The van der Waals surface area contributed by atoms with E-state index in [4.69, 9.17) is 14.2 Å².